The van der Waals surface area contributed by atoms with Crippen LogP contribution in [0.4, 0.5) is 0 Å². The molecule has 1 rings (SSSR count). The number of amides is 1. The van der Waals surface area contributed by atoms with E-state index in [1.54, 1.807) is 0 Å². The summed E-state index contributed by atoms with van der Waals surface area (Å²) >= 11 is 0. The van der Waals surface area contributed by atoms with E-state index in [2.05, 4.69) is 19.0 Å². The summed E-state index contributed by atoms with van der Waals surface area (Å²) in [4.78, 5) is 15.4. The Bertz CT molecular complexity index is 182. The first-order valence-corrected chi connectivity index (χ1v) is 4.79. The Morgan fingerprint density at radius 1 is 1.62 bits per heavy atom. The number of piperidine rings is 1. The monoisotopic (exact) mass is 185 g/mol. The van der Waals surface area contributed by atoms with Gasteiger partial charge in [0.05, 0.1) is 6.54 Å². The first-order valence-electron chi connectivity index (χ1n) is 4.79. The second-order valence-electron chi connectivity index (χ2n) is 3.80. The molecule has 1 fully saturated rings. The fraction of sp³-hybridized carbons (Fsp3) is 0.889. The minimum atomic E-state index is 0.0755. The summed E-state index contributed by atoms with van der Waals surface area (Å²) in [6.07, 6.45) is 2.27. The zero-order chi connectivity index (χ0) is 9.84. The van der Waals surface area contributed by atoms with Crippen LogP contribution < -0.4 is 5.73 Å². The second-order valence-corrected chi connectivity index (χ2v) is 3.80. The molecule has 76 valence electrons. The lowest BCUT2D eigenvalue weighted by atomic mass is 10.1. The Labute approximate surface area is 79.7 Å². The van der Waals surface area contributed by atoms with Crippen LogP contribution in [0.25, 0.3) is 0 Å². The van der Waals surface area contributed by atoms with Gasteiger partial charge in [-0.15, -0.1) is 0 Å². The summed E-state index contributed by atoms with van der Waals surface area (Å²) in [5.74, 6) is 0.0755. The standard InChI is InChI=1S/C9H19N3O/c1-11(2)8-4-3-5-12(7-8)9(13)6-10/h8H,3-7,10H2,1-2H3/t8-/m0/s1. The van der Waals surface area contributed by atoms with Gasteiger partial charge in [0.15, 0.2) is 0 Å². The molecule has 1 heterocycles. The molecule has 0 saturated carbocycles. The van der Waals surface area contributed by atoms with Crippen LogP contribution >= 0.6 is 0 Å². The van der Waals surface area contributed by atoms with Gasteiger partial charge in [0.25, 0.3) is 0 Å². The topological polar surface area (TPSA) is 49.6 Å². The molecule has 1 amide bonds. The Balaban J connectivity index is 2.46. The number of rotatable bonds is 2. The molecule has 0 bridgehead atoms. The first-order chi connectivity index (χ1) is 6.15. The predicted molar refractivity (Wildman–Crippen MR) is 52.3 cm³/mol. The molecule has 0 aromatic carbocycles. The largest absolute Gasteiger partial charge is 0.340 e. The van der Waals surface area contributed by atoms with Gasteiger partial charge in [-0.2, -0.15) is 0 Å². The lowest BCUT2D eigenvalue weighted by Gasteiger charge is -2.35. The van der Waals surface area contributed by atoms with Gasteiger partial charge in [-0.05, 0) is 26.9 Å². The molecule has 0 aromatic heterocycles. The zero-order valence-electron chi connectivity index (χ0n) is 8.49. The number of likely N-dealkylation sites (tertiary alicyclic amines) is 1. The van der Waals surface area contributed by atoms with Gasteiger partial charge in [-0.25, -0.2) is 0 Å². The van der Waals surface area contributed by atoms with Crippen LogP contribution in [0.2, 0.25) is 0 Å². The fourth-order valence-electron chi connectivity index (χ4n) is 1.73. The normalized spacial score (nSPS) is 23.7. The summed E-state index contributed by atoms with van der Waals surface area (Å²) in [6, 6.07) is 0.504. The molecule has 0 spiro atoms. The Kier molecular flexibility index (Phi) is 3.69. The maximum atomic E-state index is 11.3. The summed E-state index contributed by atoms with van der Waals surface area (Å²) in [5, 5.41) is 0. The molecule has 1 saturated heterocycles. The van der Waals surface area contributed by atoms with E-state index in [1.807, 2.05) is 4.90 Å². The third-order valence-corrected chi connectivity index (χ3v) is 2.65. The van der Waals surface area contributed by atoms with Gasteiger partial charge in [0.1, 0.15) is 0 Å². The number of carbonyl (C=O) groups is 1. The number of hydrogen-bond acceptors (Lipinski definition) is 3. The SMILES string of the molecule is CN(C)[C@H]1CCCN(C(=O)CN)C1. The lowest BCUT2D eigenvalue weighted by Crippen LogP contribution is -2.49. The third kappa shape index (κ3) is 2.67. The third-order valence-electron chi connectivity index (χ3n) is 2.65. The maximum Gasteiger partial charge on any atom is 0.236 e. The number of nitrogens with zero attached hydrogens (tertiary/aromatic N) is 2. The van der Waals surface area contributed by atoms with E-state index in [0.29, 0.717) is 6.04 Å². The average Bonchev–Trinajstić information content (AvgIpc) is 2.17. The Morgan fingerprint density at radius 2 is 2.31 bits per heavy atom. The molecular formula is C9H19N3O. The van der Waals surface area contributed by atoms with Crippen molar-refractivity contribution in [1.82, 2.24) is 9.80 Å². The van der Waals surface area contributed by atoms with Gasteiger partial charge in [-0.1, -0.05) is 0 Å². The smallest absolute Gasteiger partial charge is 0.236 e. The van der Waals surface area contributed by atoms with Crippen LogP contribution in [0.1, 0.15) is 12.8 Å². The molecular weight excluding hydrogens is 166 g/mol. The molecule has 2 N–H and O–H groups in total. The van der Waals surface area contributed by atoms with E-state index >= 15 is 0 Å². The van der Waals surface area contributed by atoms with Gasteiger partial charge in [-0.3, -0.25) is 4.79 Å². The molecule has 13 heavy (non-hydrogen) atoms. The highest BCUT2D eigenvalue weighted by molar-refractivity contribution is 5.78. The van der Waals surface area contributed by atoms with Crippen molar-refractivity contribution in [2.45, 2.75) is 18.9 Å². The lowest BCUT2D eigenvalue weighted by molar-refractivity contribution is -0.131. The van der Waals surface area contributed by atoms with E-state index in [-0.39, 0.29) is 12.5 Å². The van der Waals surface area contributed by atoms with E-state index in [9.17, 15) is 4.79 Å². The summed E-state index contributed by atoms with van der Waals surface area (Å²) in [5.41, 5.74) is 5.32. The van der Waals surface area contributed by atoms with E-state index in [4.69, 9.17) is 5.73 Å². The summed E-state index contributed by atoms with van der Waals surface area (Å²) in [6.45, 7) is 1.85. The van der Waals surface area contributed by atoms with Crippen molar-refractivity contribution in [3.63, 3.8) is 0 Å². The van der Waals surface area contributed by atoms with Crippen LogP contribution in [0, 0.1) is 0 Å². The number of carbonyl (C=O) groups excluding carboxylic acids is 1. The maximum absolute atomic E-state index is 11.3. The van der Waals surface area contributed by atoms with Crippen LogP contribution in [-0.2, 0) is 4.79 Å². The number of likely N-dealkylation sites (N-methyl/N-ethyl adjacent to an activating group) is 1. The molecule has 1 aliphatic rings. The van der Waals surface area contributed by atoms with E-state index in [1.165, 1.54) is 6.42 Å². The second kappa shape index (κ2) is 4.58. The highest BCUT2D eigenvalue weighted by Gasteiger charge is 2.23. The molecule has 4 heteroatoms. The van der Waals surface area contributed by atoms with Gasteiger partial charge in [0.2, 0.25) is 5.91 Å². The van der Waals surface area contributed by atoms with Crippen LogP contribution in [-0.4, -0.2) is 55.5 Å². The Hall–Kier alpha value is -0.610. The highest BCUT2D eigenvalue weighted by atomic mass is 16.2. The van der Waals surface area contributed by atoms with Crippen molar-refractivity contribution < 1.29 is 4.79 Å². The number of nitrogens with two attached hydrogens (primary N) is 1. The van der Waals surface area contributed by atoms with Gasteiger partial charge >= 0.3 is 0 Å². The molecule has 1 aliphatic heterocycles. The quantitative estimate of drug-likeness (QED) is 0.631. The van der Waals surface area contributed by atoms with Crippen molar-refractivity contribution >= 4 is 5.91 Å². The molecule has 0 aliphatic carbocycles. The van der Waals surface area contributed by atoms with Crippen LogP contribution in [0.3, 0.4) is 0 Å². The molecule has 4 nitrogen and oxygen atoms in total. The minimum Gasteiger partial charge on any atom is -0.340 e. The molecule has 0 unspecified atom stereocenters. The highest BCUT2D eigenvalue weighted by Crippen LogP contribution is 2.13. The summed E-state index contributed by atoms with van der Waals surface area (Å²) in [7, 11) is 4.11. The molecule has 0 aromatic rings. The Morgan fingerprint density at radius 3 is 2.85 bits per heavy atom. The van der Waals surface area contributed by atoms with Crippen molar-refractivity contribution in [3.8, 4) is 0 Å². The molecule has 0 radical (unpaired) electrons. The van der Waals surface area contributed by atoms with Crippen molar-refractivity contribution in [2.24, 2.45) is 5.73 Å². The first kappa shape index (κ1) is 10.5. The zero-order valence-corrected chi connectivity index (χ0v) is 8.49. The van der Waals surface area contributed by atoms with Crippen molar-refractivity contribution in [3.05, 3.63) is 0 Å². The van der Waals surface area contributed by atoms with E-state index < -0.39 is 0 Å². The predicted octanol–water partition coefficient (Wildman–Crippen LogP) is -0.502. The average molecular weight is 185 g/mol. The van der Waals surface area contributed by atoms with E-state index in [0.717, 1.165) is 19.5 Å². The van der Waals surface area contributed by atoms with Crippen LogP contribution in [0.15, 0.2) is 0 Å². The van der Waals surface area contributed by atoms with Crippen LogP contribution in [0.5, 0.6) is 0 Å². The fourth-order valence-corrected chi connectivity index (χ4v) is 1.73. The molecule has 1 atom stereocenters. The van der Waals surface area contributed by atoms with Gasteiger partial charge < -0.3 is 15.5 Å². The van der Waals surface area contributed by atoms with Crippen molar-refractivity contribution in [1.29, 1.82) is 0 Å². The number of hydrogen-bond donors (Lipinski definition) is 1. The minimum absolute atomic E-state index is 0.0755. The summed E-state index contributed by atoms with van der Waals surface area (Å²) < 4.78 is 0. The van der Waals surface area contributed by atoms with Crippen molar-refractivity contribution in [2.75, 3.05) is 33.7 Å². The van der Waals surface area contributed by atoms with Gasteiger partial charge in [0, 0.05) is 19.1 Å².